The summed E-state index contributed by atoms with van der Waals surface area (Å²) < 4.78 is 13.4. The smallest absolute Gasteiger partial charge is 0.130 e. The van der Waals surface area contributed by atoms with Crippen molar-refractivity contribution in [3.63, 3.8) is 0 Å². The van der Waals surface area contributed by atoms with Crippen molar-refractivity contribution >= 4 is 6.08 Å². The summed E-state index contributed by atoms with van der Waals surface area (Å²) in [5.74, 6) is -0.149. The standard InChI is InChI=1S/C14H20FN/c1-3-9-16-11-12(4-2)10-13-7-5-6-8-14(13)15/h5-8,10,16H,3-4,9,11H2,1-2H3. The molecular weight excluding hydrogens is 201 g/mol. The number of benzene rings is 1. The van der Waals surface area contributed by atoms with Crippen LogP contribution in [0.25, 0.3) is 6.08 Å². The van der Waals surface area contributed by atoms with Gasteiger partial charge in [-0.3, -0.25) is 0 Å². The van der Waals surface area contributed by atoms with Crippen LogP contribution >= 0.6 is 0 Å². The highest BCUT2D eigenvalue weighted by Crippen LogP contribution is 2.12. The van der Waals surface area contributed by atoms with Crippen molar-refractivity contribution in [2.75, 3.05) is 13.1 Å². The fourth-order valence-electron chi connectivity index (χ4n) is 1.52. The Balaban J connectivity index is 2.68. The van der Waals surface area contributed by atoms with Crippen molar-refractivity contribution in [2.45, 2.75) is 26.7 Å². The molecule has 1 N–H and O–H groups in total. The van der Waals surface area contributed by atoms with Gasteiger partial charge in [-0.15, -0.1) is 0 Å². The van der Waals surface area contributed by atoms with Crippen LogP contribution < -0.4 is 5.32 Å². The lowest BCUT2D eigenvalue weighted by molar-refractivity contribution is 0.624. The van der Waals surface area contributed by atoms with Crippen LogP contribution in [0.2, 0.25) is 0 Å². The molecule has 1 nitrogen and oxygen atoms in total. The van der Waals surface area contributed by atoms with Crippen LogP contribution in [0.4, 0.5) is 4.39 Å². The monoisotopic (exact) mass is 221 g/mol. The molecular formula is C14H20FN. The molecule has 0 radical (unpaired) electrons. The van der Waals surface area contributed by atoms with Crippen molar-refractivity contribution in [3.8, 4) is 0 Å². The Bertz CT molecular complexity index is 344. The molecule has 1 aromatic carbocycles. The van der Waals surface area contributed by atoms with Crippen LogP contribution in [-0.4, -0.2) is 13.1 Å². The van der Waals surface area contributed by atoms with E-state index in [9.17, 15) is 4.39 Å². The second-order valence-electron chi connectivity index (χ2n) is 3.85. The van der Waals surface area contributed by atoms with Gasteiger partial charge in [-0.05, 0) is 25.5 Å². The van der Waals surface area contributed by atoms with Gasteiger partial charge in [0.1, 0.15) is 5.82 Å². The Kier molecular flexibility index (Phi) is 5.79. The molecule has 2 heteroatoms. The molecule has 0 amide bonds. The summed E-state index contributed by atoms with van der Waals surface area (Å²) in [6.07, 6.45) is 4.01. The number of nitrogens with one attached hydrogen (secondary N) is 1. The van der Waals surface area contributed by atoms with E-state index in [2.05, 4.69) is 19.2 Å². The molecule has 0 atom stereocenters. The highest BCUT2D eigenvalue weighted by atomic mass is 19.1. The molecule has 0 aliphatic rings. The van der Waals surface area contributed by atoms with Crippen LogP contribution in [-0.2, 0) is 0 Å². The van der Waals surface area contributed by atoms with E-state index in [1.54, 1.807) is 6.07 Å². The normalized spacial score (nSPS) is 11.8. The van der Waals surface area contributed by atoms with Crippen molar-refractivity contribution < 1.29 is 4.39 Å². The number of rotatable bonds is 6. The van der Waals surface area contributed by atoms with Gasteiger partial charge in [0.25, 0.3) is 0 Å². The Hall–Kier alpha value is -1.15. The quantitative estimate of drug-likeness (QED) is 0.723. The Labute approximate surface area is 97.4 Å². The van der Waals surface area contributed by atoms with Crippen molar-refractivity contribution in [1.29, 1.82) is 0 Å². The first-order valence-electron chi connectivity index (χ1n) is 5.92. The van der Waals surface area contributed by atoms with E-state index in [1.165, 1.54) is 11.6 Å². The maximum Gasteiger partial charge on any atom is 0.130 e. The number of hydrogen-bond donors (Lipinski definition) is 1. The van der Waals surface area contributed by atoms with Crippen molar-refractivity contribution in [2.24, 2.45) is 0 Å². The number of hydrogen-bond acceptors (Lipinski definition) is 1. The minimum Gasteiger partial charge on any atom is -0.313 e. The lowest BCUT2D eigenvalue weighted by Crippen LogP contribution is -2.17. The van der Waals surface area contributed by atoms with Gasteiger partial charge in [0.2, 0.25) is 0 Å². The molecule has 0 fully saturated rings. The molecule has 0 bridgehead atoms. The summed E-state index contributed by atoms with van der Waals surface area (Å²) in [5.41, 5.74) is 1.91. The molecule has 88 valence electrons. The summed E-state index contributed by atoms with van der Waals surface area (Å²) in [6.45, 7) is 6.09. The predicted octanol–water partition coefficient (Wildman–Crippen LogP) is 3.62. The average Bonchev–Trinajstić information content (AvgIpc) is 2.30. The Morgan fingerprint density at radius 1 is 1.31 bits per heavy atom. The first-order chi connectivity index (χ1) is 7.77. The van der Waals surface area contributed by atoms with Crippen LogP contribution in [0.5, 0.6) is 0 Å². The SMILES string of the molecule is CCCNCC(=Cc1ccccc1F)CC. The maximum absolute atomic E-state index is 13.4. The lowest BCUT2D eigenvalue weighted by atomic mass is 10.1. The Morgan fingerprint density at radius 3 is 2.69 bits per heavy atom. The van der Waals surface area contributed by atoms with E-state index in [4.69, 9.17) is 0 Å². The minimum atomic E-state index is -0.149. The molecule has 0 heterocycles. The molecule has 0 aliphatic heterocycles. The van der Waals surface area contributed by atoms with Gasteiger partial charge in [-0.1, -0.05) is 43.7 Å². The van der Waals surface area contributed by atoms with Gasteiger partial charge in [0, 0.05) is 12.1 Å². The van der Waals surface area contributed by atoms with Gasteiger partial charge in [-0.2, -0.15) is 0 Å². The fourth-order valence-corrected chi connectivity index (χ4v) is 1.52. The Morgan fingerprint density at radius 2 is 2.06 bits per heavy atom. The van der Waals surface area contributed by atoms with E-state index < -0.39 is 0 Å². The topological polar surface area (TPSA) is 12.0 Å². The molecule has 0 saturated carbocycles. The largest absolute Gasteiger partial charge is 0.313 e. The van der Waals surface area contributed by atoms with Crippen LogP contribution in [0, 0.1) is 5.82 Å². The predicted molar refractivity (Wildman–Crippen MR) is 67.8 cm³/mol. The number of halogens is 1. The van der Waals surface area contributed by atoms with E-state index in [-0.39, 0.29) is 5.82 Å². The average molecular weight is 221 g/mol. The van der Waals surface area contributed by atoms with Crippen molar-refractivity contribution in [3.05, 3.63) is 41.2 Å². The first kappa shape index (κ1) is 12.9. The third-order valence-corrected chi connectivity index (χ3v) is 2.50. The summed E-state index contributed by atoms with van der Waals surface area (Å²) in [7, 11) is 0. The highest BCUT2D eigenvalue weighted by molar-refractivity contribution is 5.53. The first-order valence-corrected chi connectivity index (χ1v) is 5.92. The summed E-state index contributed by atoms with van der Waals surface area (Å²) >= 11 is 0. The van der Waals surface area contributed by atoms with Gasteiger partial charge < -0.3 is 5.32 Å². The second kappa shape index (κ2) is 7.18. The maximum atomic E-state index is 13.4. The summed E-state index contributed by atoms with van der Waals surface area (Å²) in [6, 6.07) is 6.89. The van der Waals surface area contributed by atoms with E-state index >= 15 is 0 Å². The summed E-state index contributed by atoms with van der Waals surface area (Å²) in [4.78, 5) is 0. The minimum absolute atomic E-state index is 0.149. The molecule has 1 rings (SSSR count). The zero-order valence-electron chi connectivity index (χ0n) is 10.1. The van der Waals surface area contributed by atoms with E-state index in [0.29, 0.717) is 5.56 Å². The second-order valence-corrected chi connectivity index (χ2v) is 3.85. The van der Waals surface area contributed by atoms with Crippen LogP contribution in [0.15, 0.2) is 29.8 Å². The zero-order chi connectivity index (χ0) is 11.8. The van der Waals surface area contributed by atoms with Gasteiger partial charge in [0.15, 0.2) is 0 Å². The third-order valence-electron chi connectivity index (χ3n) is 2.50. The molecule has 0 aliphatic carbocycles. The van der Waals surface area contributed by atoms with E-state index in [0.717, 1.165) is 25.9 Å². The van der Waals surface area contributed by atoms with Gasteiger partial charge in [-0.25, -0.2) is 4.39 Å². The molecule has 0 unspecified atom stereocenters. The molecule has 0 saturated heterocycles. The fraction of sp³-hybridized carbons (Fsp3) is 0.429. The summed E-state index contributed by atoms with van der Waals surface area (Å²) in [5, 5.41) is 3.34. The third kappa shape index (κ3) is 4.15. The van der Waals surface area contributed by atoms with Gasteiger partial charge >= 0.3 is 0 Å². The van der Waals surface area contributed by atoms with Crippen LogP contribution in [0.1, 0.15) is 32.3 Å². The van der Waals surface area contributed by atoms with Crippen molar-refractivity contribution in [1.82, 2.24) is 5.32 Å². The van der Waals surface area contributed by atoms with Gasteiger partial charge in [0.05, 0.1) is 0 Å². The zero-order valence-corrected chi connectivity index (χ0v) is 10.1. The molecule has 1 aromatic rings. The molecule has 0 aromatic heterocycles. The van der Waals surface area contributed by atoms with Crippen LogP contribution in [0.3, 0.4) is 0 Å². The van der Waals surface area contributed by atoms with E-state index in [1.807, 2.05) is 18.2 Å². The molecule has 0 spiro atoms. The molecule has 16 heavy (non-hydrogen) atoms. The lowest BCUT2D eigenvalue weighted by Gasteiger charge is -2.06. The highest BCUT2D eigenvalue weighted by Gasteiger charge is 1.99.